The number of carbonyl (C=O) groups excluding carboxylic acids is 4. The highest BCUT2D eigenvalue weighted by Crippen LogP contribution is 2.47. The molecule has 8 nitrogen and oxygen atoms in total. The number of ketones is 1. The maximum absolute atomic E-state index is 14.0. The quantitative estimate of drug-likeness (QED) is 0.309. The second-order valence-corrected chi connectivity index (χ2v) is 10.7. The Labute approximate surface area is 219 Å². The van der Waals surface area contributed by atoms with Crippen molar-refractivity contribution >= 4 is 34.8 Å². The van der Waals surface area contributed by atoms with Crippen molar-refractivity contribution in [2.75, 3.05) is 0 Å². The number of thiazole rings is 1. The van der Waals surface area contributed by atoms with Gasteiger partial charge in [0.05, 0.1) is 6.54 Å². The molecule has 0 radical (unpaired) electrons. The molecule has 38 heavy (non-hydrogen) atoms. The van der Waals surface area contributed by atoms with Gasteiger partial charge in [-0.2, -0.15) is 0 Å². The van der Waals surface area contributed by atoms with Gasteiger partial charge in [0.25, 0.3) is 11.8 Å². The number of aromatic nitrogens is 1. The highest BCUT2D eigenvalue weighted by atomic mass is 32.1. The van der Waals surface area contributed by atoms with Crippen LogP contribution in [0.5, 0.6) is 0 Å². The number of carbonyl (C=O) groups is 4. The molecule has 1 heterocycles. The van der Waals surface area contributed by atoms with Crippen LogP contribution in [0.1, 0.15) is 42.7 Å². The highest BCUT2D eigenvalue weighted by Gasteiger charge is 2.62. The number of rotatable bonds is 10. The van der Waals surface area contributed by atoms with E-state index in [9.17, 15) is 36.7 Å². The molecule has 0 bridgehead atoms. The van der Waals surface area contributed by atoms with Gasteiger partial charge in [0.1, 0.15) is 16.6 Å². The van der Waals surface area contributed by atoms with E-state index < -0.39 is 78.5 Å². The summed E-state index contributed by atoms with van der Waals surface area (Å²) < 4.78 is 55.1. The molecule has 2 atom stereocenters. The van der Waals surface area contributed by atoms with Crippen LogP contribution in [-0.4, -0.2) is 51.9 Å². The molecule has 4 rings (SSSR count). The Kier molecular flexibility index (Phi) is 7.86. The predicted octanol–water partition coefficient (Wildman–Crippen LogP) is 2.78. The second-order valence-electron chi connectivity index (χ2n) is 9.77. The minimum atomic E-state index is -3.27. The lowest BCUT2D eigenvalue weighted by Gasteiger charge is -2.46. The summed E-state index contributed by atoms with van der Waals surface area (Å²) in [6, 6.07) is 7.00. The van der Waals surface area contributed by atoms with Crippen molar-refractivity contribution in [1.29, 1.82) is 0 Å². The van der Waals surface area contributed by atoms with Crippen molar-refractivity contribution in [3.8, 4) is 0 Å². The standard InChI is InChI=1S/C25H26F4N4O4S/c26-24(27)7-6-16(11-24)20(35)33-23(13-25(28,29)14-23)22(37)32-17(10-15-4-2-1-3-5-15)19(34)21(36)31-12-18-30-8-9-38-18/h1-5,8-9,16-17H,6-7,10-14H2,(H,31,36)(H,32,37)(H,33,35)/t16?,17-/m1/s1. The molecule has 204 valence electrons. The largest absolute Gasteiger partial charge is 0.343 e. The van der Waals surface area contributed by atoms with Crippen LogP contribution in [-0.2, 0) is 32.1 Å². The van der Waals surface area contributed by atoms with Crippen LogP contribution in [0.3, 0.4) is 0 Å². The molecule has 13 heteroatoms. The number of nitrogens with zero attached hydrogens (tertiary/aromatic N) is 1. The van der Waals surface area contributed by atoms with E-state index in [2.05, 4.69) is 20.9 Å². The van der Waals surface area contributed by atoms with E-state index in [-0.39, 0.29) is 19.4 Å². The third-order valence-electron chi connectivity index (χ3n) is 6.70. The van der Waals surface area contributed by atoms with Crippen LogP contribution in [0.25, 0.3) is 0 Å². The van der Waals surface area contributed by atoms with Crippen LogP contribution in [0.2, 0.25) is 0 Å². The summed E-state index contributed by atoms with van der Waals surface area (Å²) in [7, 11) is 0. The molecule has 0 saturated heterocycles. The number of nitrogens with one attached hydrogen (secondary N) is 3. The molecule has 2 saturated carbocycles. The summed E-state index contributed by atoms with van der Waals surface area (Å²) in [5.74, 6) is -11.5. The molecule has 2 aromatic rings. The molecule has 0 spiro atoms. The van der Waals surface area contributed by atoms with E-state index in [1.807, 2.05) is 0 Å². The zero-order valence-electron chi connectivity index (χ0n) is 20.1. The SMILES string of the molecule is O=C(NCc1nccs1)C(=O)[C@@H](Cc1ccccc1)NC(=O)C1(NC(=O)C2CCC(F)(F)C2)CC(F)(F)C1. The van der Waals surface area contributed by atoms with Crippen molar-refractivity contribution in [3.63, 3.8) is 0 Å². The fourth-order valence-electron chi connectivity index (χ4n) is 4.75. The molecule has 3 amide bonds. The number of amides is 3. The van der Waals surface area contributed by atoms with Gasteiger partial charge in [-0.05, 0) is 12.0 Å². The maximum atomic E-state index is 14.0. The van der Waals surface area contributed by atoms with Crippen molar-refractivity contribution in [3.05, 3.63) is 52.5 Å². The molecule has 1 aromatic carbocycles. The summed E-state index contributed by atoms with van der Waals surface area (Å²) in [6.45, 7) is -0.0213. The molecular formula is C25H26F4N4O4S. The van der Waals surface area contributed by atoms with Crippen molar-refractivity contribution < 1.29 is 36.7 Å². The molecule has 2 aliphatic carbocycles. The molecule has 0 aliphatic heterocycles. The second kappa shape index (κ2) is 10.8. The Hall–Kier alpha value is -3.35. The van der Waals surface area contributed by atoms with E-state index >= 15 is 0 Å². The van der Waals surface area contributed by atoms with Crippen molar-refractivity contribution in [2.45, 2.75) is 68.5 Å². The summed E-state index contributed by atoms with van der Waals surface area (Å²) in [6.07, 6.45) is -2.08. The van der Waals surface area contributed by atoms with Crippen molar-refractivity contribution in [2.24, 2.45) is 5.92 Å². The zero-order valence-corrected chi connectivity index (χ0v) is 21.0. The fourth-order valence-corrected chi connectivity index (χ4v) is 5.30. The molecule has 1 unspecified atom stereocenters. The van der Waals surface area contributed by atoms with Crippen LogP contribution >= 0.6 is 11.3 Å². The lowest BCUT2D eigenvalue weighted by Crippen LogP contribution is -2.71. The average molecular weight is 555 g/mol. The highest BCUT2D eigenvalue weighted by molar-refractivity contribution is 7.09. The van der Waals surface area contributed by atoms with Crippen molar-refractivity contribution in [1.82, 2.24) is 20.9 Å². The minimum absolute atomic E-state index is 0.0213. The topological polar surface area (TPSA) is 117 Å². The first-order valence-electron chi connectivity index (χ1n) is 12.0. The van der Waals surface area contributed by atoms with Gasteiger partial charge in [-0.15, -0.1) is 11.3 Å². The van der Waals surface area contributed by atoms with Crippen LogP contribution in [0, 0.1) is 5.92 Å². The van der Waals surface area contributed by atoms with Gasteiger partial charge < -0.3 is 16.0 Å². The molecule has 2 aliphatic rings. The number of benzene rings is 1. The van der Waals surface area contributed by atoms with Gasteiger partial charge in [0, 0.05) is 49.6 Å². The van der Waals surface area contributed by atoms with Gasteiger partial charge in [0.15, 0.2) is 0 Å². The van der Waals surface area contributed by atoms with Gasteiger partial charge in [-0.1, -0.05) is 30.3 Å². The van der Waals surface area contributed by atoms with E-state index in [1.165, 1.54) is 17.5 Å². The summed E-state index contributed by atoms with van der Waals surface area (Å²) >= 11 is 1.26. The average Bonchev–Trinajstić information content (AvgIpc) is 3.50. The first-order valence-corrected chi connectivity index (χ1v) is 12.9. The Balaban J connectivity index is 1.49. The van der Waals surface area contributed by atoms with Crippen LogP contribution in [0.15, 0.2) is 41.9 Å². The van der Waals surface area contributed by atoms with Gasteiger partial charge >= 0.3 is 0 Å². The Morgan fingerprint density at radius 2 is 1.76 bits per heavy atom. The molecule has 2 fully saturated rings. The number of hydrogen-bond donors (Lipinski definition) is 3. The Morgan fingerprint density at radius 1 is 1.05 bits per heavy atom. The molecule has 3 N–H and O–H groups in total. The molecule has 1 aromatic heterocycles. The van der Waals surface area contributed by atoms with E-state index in [0.29, 0.717) is 10.6 Å². The van der Waals surface area contributed by atoms with Crippen LogP contribution < -0.4 is 16.0 Å². The lowest BCUT2D eigenvalue weighted by atomic mass is 9.72. The third-order valence-corrected chi connectivity index (χ3v) is 7.48. The van der Waals surface area contributed by atoms with Gasteiger partial charge in [-0.25, -0.2) is 22.5 Å². The summed E-state index contributed by atoms with van der Waals surface area (Å²) in [5.41, 5.74) is -1.51. The molecular weight excluding hydrogens is 528 g/mol. The summed E-state index contributed by atoms with van der Waals surface area (Å²) in [5, 5.41) is 9.30. The zero-order chi connectivity index (χ0) is 27.6. The Morgan fingerprint density at radius 3 is 2.34 bits per heavy atom. The monoisotopic (exact) mass is 554 g/mol. The van der Waals surface area contributed by atoms with Gasteiger partial charge in [0.2, 0.25) is 23.5 Å². The fraction of sp³-hybridized carbons (Fsp3) is 0.480. The van der Waals surface area contributed by atoms with E-state index in [0.717, 1.165) is 0 Å². The predicted molar refractivity (Wildman–Crippen MR) is 128 cm³/mol. The number of halogens is 4. The maximum Gasteiger partial charge on any atom is 0.289 e. The number of Topliss-reactive ketones (excluding diaryl/α,β-unsaturated/α-hetero) is 1. The van der Waals surface area contributed by atoms with Gasteiger partial charge in [-0.3, -0.25) is 19.2 Å². The summed E-state index contributed by atoms with van der Waals surface area (Å²) in [4.78, 5) is 55.6. The number of hydrogen-bond acceptors (Lipinski definition) is 6. The smallest absolute Gasteiger partial charge is 0.289 e. The normalized spacial score (nSPS) is 21.5. The van der Waals surface area contributed by atoms with E-state index in [4.69, 9.17) is 0 Å². The lowest BCUT2D eigenvalue weighted by molar-refractivity contribution is -0.168. The van der Waals surface area contributed by atoms with Crippen LogP contribution in [0.4, 0.5) is 17.6 Å². The third kappa shape index (κ3) is 6.55. The Bertz CT molecular complexity index is 1190. The number of alkyl halides is 4. The first-order chi connectivity index (χ1) is 17.9. The first kappa shape index (κ1) is 27.7. The van der Waals surface area contributed by atoms with E-state index in [1.54, 1.807) is 35.7 Å². The minimum Gasteiger partial charge on any atom is -0.343 e.